The van der Waals surface area contributed by atoms with E-state index in [1.807, 2.05) is 0 Å². The SMILES string of the molecule is CCCCC(C)NC(C)C(C)C(C)CC(C)CC. The van der Waals surface area contributed by atoms with Crippen LogP contribution in [-0.2, 0) is 0 Å². The van der Waals surface area contributed by atoms with Gasteiger partial charge in [-0.15, -0.1) is 0 Å². The monoisotopic (exact) mass is 255 g/mol. The van der Waals surface area contributed by atoms with E-state index in [1.54, 1.807) is 0 Å². The van der Waals surface area contributed by atoms with E-state index in [4.69, 9.17) is 0 Å². The largest absolute Gasteiger partial charge is 0.312 e. The maximum Gasteiger partial charge on any atom is 0.00693 e. The summed E-state index contributed by atoms with van der Waals surface area (Å²) >= 11 is 0. The van der Waals surface area contributed by atoms with Crippen LogP contribution in [0.2, 0.25) is 0 Å². The van der Waals surface area contributed by atoms with Crippen LogP contribution < -0.4 is 5.32 Å². The summed E-state index contributed by atoms with van der Waals surface area (Å²) in [5.74, 6) is 2.45. The van der Waals surface area contributed by atoms with Crippen molar-refractivity contribution >= 4 is 0 Å². The molecule has 0 saturated heterocycles. The summed E-state index contributed by atoms with van der Waals surface area (Å²) in [6, 6.07) is 1.30. The molecule has 0 aliphatic rings. The third kappa shape index (κ3) is 7.41. The first kappa shape index (κ1) is 18.0. The molecule has 5 unspecified atom stereocenters. The Morgan fingerprint density at radius 2 is 1.56 bits per heavy atom. The van der Waals surface area contributed by atoms with Crippen molar-refractivity contribution < 1.29 is 0 Å². The fourth-order valence-electron chi connectivity index (χ4n) is 2.70. The molecule has 0 heterocycles. The summed E-state index contributed by atoms with van der Waals surface area (Å²) in [4.78, 5) is 0. The first-order chi connectivity index (χ1) is 8.42. The van der Waals surface area contributed by atoms with Crippen molar-refractivity contribution in [3.05, 3.63) is 0 Å². The fourth-order valence-corrected chi connectivity index (χ4v) is 2.70. The van der Waals surface area contributed by atoms with Crippen LogP contribution in [0.1, 0.15) is 80.6 Å². The molecule has 0 radical (unpaired) electrons. The van der Waals surface area contributed by atoms with Gasteiger partial charge in [-0.05, 0) is 44.4 Å². The maximum absolute atomic E-state index is 3.79. The summed E-state index contributed by atoms with van der Waals surface area (Å²) < 4.78 is 0. The van der Waals surface area contributed by atoms with Crippen LogP contribution >= 0.6 is 0 Å². The highest BCUT2D eigenvalue weighted by molar-refractivity contribution is 4.77. The van der Waals surface area contributed by atoms with E-state index in [2.05, 4.69) is 53.8 Å². The summed E-state index contributed by atoms with van der Waals surface area (Å²) in [6.45, 7) is 16.5. The van der Waals surface area contributed by atoms with Gasteiger partial charge < -0.3 is 5.32 Å². The third-order valence-electron chi connectivity index (χ3n) is 4.70. The second kappa shape index (κ2) is 9.83. The molecule has 0 aromatic rings. The third-order valence-corrected chi connectivity index (χ3v) is 4.70. The van der Waals surface area contributed by atoms with Crippen LogP contribution in [0.4, 0.5) is 0 Å². The Balaban J connectivity index is 4.03. The van der Waals surface area contributed by atoms with Crippen molar-refractivity contribution in [2.24, 2.45) is 17.8 Å². The van der Waals surface area contributed by atoms with E-state index >= 15 is 0 Å². The van der Waals surface area contributed by atoms with Gasteiger partial charge in [0.25, 0.3) is 0 Å². The summed E-state index contributed by atoms with van der Waals surface area (Å²) in [7, 11) is 0. The van der Waals surface area contributed by atoms with Gasteiger partial charge in [0.1, 0.15) is 0 Å². The van der Waals surface area contributed by atoms with Crippen LogP contribution in [0.25, 0.3) is 0 Å². The first-order valence-corrected chi connectivity index (χ1v) is 8.18. The predicted octanol–water partition coefficient (Wildman–Crippen LogP) is 5.25. The van der Waals surface area contributed by atoms with Gasteiger partial charge in [0.2, 0.25) is 0 Å². The molecule has 0 amide bonds. The van der Waals surface area contributed by atoms with Gasteiger partial charge in [-0.3, -0.25) is 0 Å². The van der Waals surface area contributed by atoms with Crippen LogP contribution in [0.3, 0.4) is 0 Å². The van der Waals surface area contributed by atoms with Gasteiger partial charge in [-0.25, -0.2) is 0 Å². The molecule has 0 aliphatic carbocycles. The minimum absolute atomic E-state index is 0.635. The van der Waals surface area contributed by atoms with Crippen molar-refractivity contribution in [3.63, 3.8) is 0 Å². The van der Waals surface area contributed by atoms with E-state index in [1.165, 1.54) is 32.1 Å². The van der Waals surface area contributed by atoms with Crippen LogP contribution in [0, 0.1) is 17.8 Å². The normalized spacial score (nSPS) is 20.2. The highest BCUT2D eigenvalue weighted by atomic mass is 14.9. The Kier molecular flexibility index (Phi) is 9.81. The standard InChI is InChI=1S/C17H37N/c1-8-10-11-15(5)18-17(7)16(6)14(4)12-13(3)9-2/h13-18H,8-12H2,1-7H3. The van der Waals surface area contributed by atoms with E-state index in [0.29, 0.717) is 12.1 Å². The van der Waals surface area contributed by atoms with Gasteiger partial charge in [0, 0.05) is 12.1 Å². The molecule has 1 nitrogen and oxygen atoms in total. The highest BCUT2D eigenvalue weighted by Gasteiger charge is 2.21. The molecular formula is C17H37N. The lowest BCUT2D eigenvalue weighted by atomic mass is 9.82. The second-order valence-corrected chi connectivity index (χ2v) is 6.58. The van der Waals surface area contributed by atoms with E-state index in [0.717, 1.165) is 17.8 Å². The van der Waals surface area contributed by atoms with Gasteiger partial charge in [0.05, 0.1) is 0 Å². The van der Waals surface area contributed by atoms with Crippen LogP contribution in [0.15, 0.2) is 0 Å². The first-order valence-electron chi connectivity index (χ1n) is 8.18. The van der Waals surface area contributed by atoms with Crippen molar-refractivity contribution in [2.75, 3.05) is 0 Å². The minimum Gasteiger partial charge on any atom is -0.312 e. The molecule has 0 bridgehead atoms. The summed E-state index contributed by atoms with van der Waals surface area (Å²) in [5, 5.41) is 3.79. The van der Waals surface area contributed by atoms with Crippen LogP contribution in [0.5, 0.6) is 0 Å². The molecule has 1 heteroatoms. The Morgan fingerprint density at radius 1 is 0.944 bits per heavy atom. The predicted molar refractivity (Wildman–Crippen MR) is 84.0 cm³/mol. The zero-order chi connectivity index (χ0) is 14.1. The molecule has 18 heavy (non-hydrogen) atoms. The lowest BCUT2D eigenvalue weighted by Crippen LogP contribution is -2.40. The van der Waals surface area contributed by atoms with E-state index < -0.39 is 0 Å². The smallest absolute Gasteiger partial charge is 0.00693 e. The zero-order valence-electron chi connectivity index (χ0n) is 13.9. The fraction of sp³-hybridized carbons (Fsp3) is 1.00. The van der Waals surface area contributed by atoms with E-state index in [9.17, 15) is 0 Å². The number of rotatable bonds is 10. The van der Waals surface area contributed by atoms with Crippen molar-refractivity contribution in [2.45, 2.75) is 92.7 Å². The number of hydrogen-bond acceptors (Lipinski definition) is 1. The quantitative estimate of drug-likeness (QED) is 0.562. The molecule has 110 valence electrons. The van der Waals surface area contributed by atoms with Crippen molar-refractivity contribution in [1.29, 1.82) is 0 Å². The molecule has 5 atom stereocenters. The van der Waals surface area contributed by atoms with Crippen LogP contribution in [-0.4, -0.2) is 12.1 Å². The zero-order valence-corrected chi connectivity index (χ0v) is 13.9. The summed E-state index contributed by atoms with van der Waals surface area (Å²) in [6.07, 6.45) is 6.64. The Bertz CT molecular complexity index is 190. The molecule has 0 rings (SSSR count). The Labute approximate surface area is 116 Å². The number of hydrogen-bond donors (Lipinski definition) is 1. The lowest BCUT2D eigenvalue weighted by molar-refractivity contribution is 0.241. The second-order valence-electron chi connectivity index (χ2n) is 6.58. The maximum atomic E-state index is 3.79. The van der Waals surface area contributed by atoms with Crippen molar-refractivity contribution in [1.82, 2.24) is 5.32 Å². The van der Waals surface area contributed by atoms with Gasteiger partial charge in [-0.1, -0.05) is 53.9 Å². The van der Waals surface area contributed by atoms with Gasteiger partial charge in [0.15, 0.2) is 0 Å². The lowest BCUT2D eigenvalue weighted by Gasteiger charge is -2.31. The van der Waals surface area contributed by atoms with Gasteiger partial charge >= 0.3 is 0 Å². The molecule has 0 spiro atoms. The van der Waals surface area contributed by atoms with Gasteiger partial charge in [-0.2, -0.15) is 0 Å². The topological polar surface area (TPSA) is 12.0 Å². The highest BCUT2D eigenvalue weighted by Crippen LogP contribution is 2.24. The average Bonchev–Trinajstić information content (AvgIpc) is 2.34. The molecule has 0 aromatic heterocycles. The molecule has 0 fully saturated rings. The molecule has 1 N–H and O–H groups in total. The molecule has 0 saturated carbocycles. The Hall–Kier alpha value is -0.0400. The molecule has 0 aromatic carbocycles. The number of nitrogens with one attached hydrogen (secondary N) is 1. The van der Waals surface area contributed by atoms with Crippen molar-refractivity contribution in [3.8, 4) is 0 Å². The Morgan fingerprint density at radius 3 is 2.06 bits per heavy atom. The summed E-state index contributed by atoms with van der Waals surface area (Å²) in [5.41, 5.74) is 0. The average molecular weight is 255 g/mol. The van der Waals surface area contributed by atoms with E-state index in [-0.39, 0.29) is 0 Å². The molecular weight excluding hydrogens is 218 g/mol. The minimum atomic E-state index is 0.635. The number of unbranched alkanes of at least 4 members (excludes halogenated alkanes) is 1. The molecule has 0 aliphatic heterocycles.